The highest BCUT2D eigenvalue weighted by Crippen LogP contribution is 2.50. The van der Waals surface area contributed by atoms with Gasteiger partial charge in [-0.3, -0.25) is 33.6 Å². The van der Waals surface area contributed by atoms with Gasteiger partial charge in [-0.2, -0.15) is 0 Å². The molecule has 20 N–H and O–H groups in total. The van der Waals surface area contributed by atoms with E-state index in [0.717, 1.165) is 66.7 Å². The fourth-order valence-electron chi connectivity index (χ4n) is 12.1. The summed E-state index contributed by atoms with van der Waals surface area (Å²) in [6, 6.07) is -0.791. The second-order valence-electron chi connectivity index (χ2n) is 24.7. The zero-order valence-electron chi connectivity index (χ0n) is 53.2. The number of hydrogen-bond acceptors (Lipinski definition) is 25. The molecule has 0 aliphatic carbocycles. The third-order valence-electron chi connectivity index (χ3n) is 17.2. The molecular weight excluding hydrogens is 1360 g/mol. The molecule has 0 aromatic heterocycles. The molecule has 0 radical (unpaired) electrons. The molecule has 33 nitrogen and oxygen atoms in total. The van der Waals surface area contributed by atoms with E-state index in [0.29, 0.717) is 0 Å². The molecule has 17 atom stereocenters. The van der Waals surface area contributed by atoms with Crippen molar-refractivity contribution in [2.75, 3.05) is 13.7 Å². The van der Waals surface area contributed by atoms with Gasteiger partial charge in [-0.25, -0.2) is 4.79 Å². The molecule has 7 amide bonds. The molecule has 0 saturated carbocycles. The van der Waals surface area contributed by atoms with Gasteiger partial charge in [0.05, 0.1) is 35.2 Å². The second-order valence-corrected chi connectivity index (χ2v) is 25.5. The van der Waals surface area contributed by atoms with E-state index in [4.69, 9.17) is 62.8 Å². The van der Waals surface area contributed by atoms with Crippen molar-refractivity contribution in [2.24, 2.45) is 11.7 Å². The summed E-state index contributed by atoms with van der Waals surface area (Å²) < 4.78 is 37.9. The van der Waals surface area contributed by atoms with Crippen molar-refractivity contribution in [3.8, 4) is 57.1 Å². The third-order valence-corrected chi connectivity index (χ3v) is 17.8. The van der Waals surface area contributed by atoms with Crippen LogP contribution in [0.4, 0.5) is 0 Å². The summed E-state index contributed by atoms with van der Waals surface area (Å²) in [5.74, 6) is -16.1. The minimum atomic E-state index is -2.35. The Kier molecular flexibility index (Phi) is 22.1. The Balaban J connectivity index is 1.24. The number of phenols is 3. The average molecular weight is 1430 g/mol. The van der Waals surface area contributed by atoms with Crippen LogP contribution in [-0.2, 0) is 52.6 Å². The van der Waals surface area contributed by atoms with Crippen molar-refractivity contribution < 1.29 is 118 Å². The van der Waals surface area contributed by atoms with E-state index in [1.54, 1.807) is 0 Å². The number of fused-ring (bicyclic) bond motifs is 15. The topological polar surface area (TPSA) is 528 Å². The first-order valence-electron chi connectivity index (χ1n) is 31.1. The Morgan fingerprint density at radius 3 is 1.90 bits per heavy atom. The molecule has 7 heterocycles. The second kappa shape index (κ2) is 30.1. The number of aromatic hydroxyl groups is 3. The molecule has 100 heavy (non-hydrogen) atoms. The number of rotatable bonds is 13. The number of aliphatic hydroxyl groups is 6. The van der Waals surface area contributed by atoms with Crippen molar-refractivity contribution in [3.63, 3.8) is 0 Å². The van der Waals surface area contributed by atoms with Gasteiger partial charge in [0.1, 0.15) is 95.6 Å². The number of carbonyl (C=O) groups is 8. The highest BCUT2D eigenvalue weighted by Gasteiger charge is 2.50. The number of benzene rings is 5. The maximum absolute atomic E-state index is 16.0. The highest BCUT2D eigenvalue weighted by molar-refractivity contribution is 6.32. The Hall–Kier alpha value is -9.49. The summed E-state index contributed by atoms with van der Waals surface area (Å²) in [6.45, 7) is 4.07. The van der Waals surface area contributed by atoms with Crippen LogP contribution in [0.15, 0.2) is 78.9 Å². The van der Waals surface area contributed by atoms with Gasteiger partial charge in [0, 0.05) is 34.9 Å². The molecule has 2 fully saturated rings. The normalized spacial score (nSPS) is 28.1. The number of carbonyl (C=O) groups excluding carboxylic acids is 7. The fourth-order valence-corrected chi connectivity index (χ4v) is 12.5. The van der Waals surface area contributed by atoms with Crippen LogP contribution < -0.4 is 57.2 Å². The van der Waals surface area contributed by atoms with Gasteiger partial charge >= 0.3 is 5.97 Å². The standard InChI is InChI=1S/C65H71Cl2N9O24/c1-22(2)11-34(70-4)58(87)75-49-52(83)25-6-9-38(31(66)13-25)96-40-15-27-16-41(56(40)100-65-57(55(86)54(85)42(21-77)98-65)99-44-19-33(68)51(82)23(3)95-44)97-39-10-7-26(14-32(39)67)53(84)50-63(92)74-48(64(93)94)30-17-28(78)18-37(80)45(30)29-12-24(5-8-36(29)79)46(60(89)76-50)73-61(90)47(27)72-59(88)35(20-43(69)81)71-62(49)91/h5-10,12-18,22-23,34-35,42,44,46-55,57,65,68,70,77-80,82-86H,11,19-21H2,1-4H3,(H2,69,81)(H,71,91)(H,72,88)(H,73,90)(H,74,92)(H,75,87)(H,76,89)(H,93,94)/t23-,34-,35+,42+,44-,46-,47-,48-,49-,50+,51-,52-,53-,54-,55+,57+,65?/m1/s1. The zero-order valence-corrected chi connectivity index (χ0v) is 54.8. The molecule has 7 aliphatic heterocycles. The Morgan fingerprint density at radius 1 is 0.700 bits per heavy atom. The van der Waals surface area contributed by atoms with E-state index >= 15 is 14.4 Å². The molecule has 1 unspecified atom stereocenters. The van der Waals surface area contributed by atoms with Gasteiger partial charge in [-0.1, -0.05) is 55.2 Å². The largest absolute Gasteiger partial charge is 0.508 e. The molecule has 2 saturated heterocycles. The van der Waals surface area contributed by atoms with E-state index < -0.39 is 238 Å². The zero-order chi connectivity index (χ0) is 72.6. The lowest BCUT2D eigenvalue weighted by atomic mass is 9.89. The first-order valence-corrected chi connectivity index (χ1v) is 31.8. The molecule has 5 aromatic carbocycles. The number of carboxylic acid groups (broad SMARTS) is 1. The Morgan fingerprint density at radius 2 is 1.31 bits per heavy atom. The number of nitrogens with one attached hydrogen (secondary N) is 8. The van der Waals surface area contributed by atoms with E-state index in [2.05, 4.69) is 37.2 Å². The lowest BCUT2D eigenvalue weighted by molar-refractivity contribution is -0.322. The Bertz CT molecular complexity index is 4070. The van der Waals surface area contributed by atoms with Gasteiger partial charge in [-0.15, -0.1) is 0 Å². The quantitative estimate of drug-likeness (QED) is 0.0759. The fraction of sp³-hybridized carbons (Fsp3) is 0.400. The summed E-state index contributed by atoms with van der Waals surface area (Å²) in [6.07, 6.45) is -19.1. The van der Waals surface area contributed by atoms with Gasteiger partial charge in [-0.05, 0) is 103 Å². The molecule has 12 rings (SSSR count). The van der Waals surface area contributed by atoms with Crippen LogP contribution in [0.3, 0.4) is 0 Å². The molecule has 35 heteroatoms. The van der Waals surface area contributed by atoms with Crippen LogP contribution in [0.25, 0.3) is 11.1 Å². The Labute approximate surface area is 577 Å². The molecule has 7 aliphatic rings. The lowest BCUT2D eigenvalue weighted by Crippen LogP contribution is -2.62. The number of ether oxygens (including phenoxy) is 6. The predicted octanol–water partition coefficient (Wildman–Crippen LogP) is 0.409. The molecular formula is C65H71Cl2N9O24. The SMILES string of the molecule is CN[C@H](CC(C)C)C(=O)N[C@H]1C(=O)N[C@@H](CC(N)=O)C(=O)N[C@H]2C(=O)N[C@H]3C(=O)N[C@H](C(=O)N[C@@H](C(=O)O)c4cc(O)cc(O)c4-c4cc3ccc4O)[C@H](O)c3ccc(c(Cl)c3)Oc3cc2cc(c3OC2O[C@@H](CO)[C@@H](O)[C@H](O)[C@@H]2O[C@@H]2CC(=N)[C@H](O)[C@@H](C)O2)Oc2ccc(cc2Cl)[C@H]1O. The molecule has 5 aromatic rings. The summed E-state index contributed by atoms with van der Waals surface area (Å²) in [7, 11) is 1.47. The van der Waals surface area contributed by atoms with Gasteiger partial charge < -0.3 is 128 Å². The number of carboxylic acids is 1. The van der Waals surface area contributed by atoms with Gasteiger partial charge in [0.15, 0.2) is 29.9 Å². The lowest BCUT2D eigenvalue weighted by Gasteiger charge is -2.44. The van der Waals surface area contributed by atoms with E-state index in [9.17, 15) is 75.0 Å². The number of aliphatic hydroxyl groups excluding tert-OH is 6. The number of amides is 7. The van der Waals surface area contributed by atoms with Crippen molar-refractivity contribution in [3.05, 3.63) is 117 Å². The van der Waals surface area contributed by atoms with Crippen LogP contribution >= 0.6 is 23.2 Å². The van der Waals surface area contributed by atoms with Gasteiger partial charge in [0.25, 0.3) is 0 Å². The maximum Gasteiger partial charge on any atom is 0.330 e. The van der Waals surface area contributed by atoms with E-state index in [1.807, 2.05) is 13.8 Å². The number of aliphatic carboxylic acids is 1. The number of halogens is 2. The molecule has 534 valence electrons. The average Bonchev–Trinajstić information content (AvgIpc) is 0.769. The highest BCUT2D eigenvalue weighted by atomic mass is 35.5. The van der Waals surface area contributed by atoms with Crippen LogP contribution in [0.1, 0.15) is 98.2 Å². The number of phenolic OH excluding ortho intramolecular Hbond substituents is 3. The van der Waals surface area contributed by atoms with Crippen LogP contribution in [-0.4, -0.2) is 191 Å². The third kappa shape index (κ3) is 15.4. The van der Waals surface area contributed by atoms with Crippen LogP contribution in [0, 0.1) is 11.3 Å². The van der Waals surface area contributed by atoms with Crippen LogP contribution in [0.5, 0.6) is 46.0 Å². The summed E-state index contributed by atoms with van der Waals surface area (Å²) in [5, 5.41) is 138. The van der Waals surface area contributed by atoms with Crippen molar-refractivity contribution in [1.29, 1.82) is 5.41 Å². The minimum absolute atomic E-state index is 0.0992. The van der Waals surface area contributed by atoms with E-state index in [-0.39, 0.29) is 45.5 Å². The number of likely N-dealkylation sites (N-methyl/N-ethyl adjacent to an activating group) is 1. The van der Waals surface area contributed by atoms with Crippen molar-refractivity contribution >= 4 is 76.2 Å². The smallest absolute Gasteiger partial charge is 0.330 e. The molecule has 0 spiro atoms. The van der Waals surface area contributed by atoms with Crippen molar-refractivity contribution in [2.45, 2.75) is 144 Å². The maximum atomic E-state index is 16.0. The monoisotopic (exact) mass is 1430 g/mol. The van der Waals surface area contributed by atoms with Gasteiger partial charge in [0.2, 0.25) is 53.4 Å². The number of primary amides is 1. The summed E-state index contributed by atoms with van der Waals surface area (Å²) >= 11 is 14.1. The van der Waals surface area contributed by atoms with E-state index in [1.165, 1.54) is 26.1 Å². The summed E-state index contributed by atoms with van der Waals surface area (Å²) in [5.41, 5.74) is 2.60. The predicted molar refractivity (Wildman–Crippen MR) is 344 cm³/mol. The number of hydrogen-bond donors (Lipinski definition) is 19. The first kappa shape index (κ1) is 73.2. The minimum Gasteiger partial charge on any atom is -0.508 e. The number of nitrogens with two attached hydrogens (primary N) is 1. The summed E-state index contributed by atoms with van der Waals surface area (Å²) in [4.78, 5) is 117. The molecule has 11 bridgehead atoms. The van der Waals surface area contributed by atoms with Crippen molar-refractivity contribution in [1.82, 2.24) is 37.2 Å². The first-order chi connectivity index (χ1) is 47.3. The van der Waals surface area contributed by atoms with Crippen LogP contribution in [0.2, 0.25) is 10.0 Å².